The van der Waals surface area contributed by atoms with Crippen LogP contribution in [0.3, 0.4) is 0 Å². The largest absolute Gasteiger partial charge is 0.397 e. The average molecular weight is 324 g/mol. The zero-order valence-electron chi connectivity index (χ0n) is 11.5. The highest BCUT2D eigenvalue weighted by Gasteiger charge is 2.12. The molecule has 0 aliphatic heterocycles. The highest BCUT2D eigenvalue weighted by Crippen LogP contribution is 2.22. The number of amides is 1. The number of nitrogens with two attached hydrogens (primary N) is 1. The predicted molar refractivity (Wildman–Crippen MR) is 85.3 cm³/mol. The van der Waals surface area contributed by atoms with E-state index < -0.39 is 0 Å². The molecule has 21 heavy (non-hydrogen) atoms. The fourth-order valence-corrected chi connectivity index (χ4v) is 2.29. The molecule has 0 spiro atoms. The summed E-state index contributed by atoms with van der Waals surface area (Å²) in [7, 11) is 1.73. The number of rotatable bonds is 4. The van der Waals surface area contributed by atoms with Crippen LogP contribution in [0.15, 0.2) is 36.5 Å². The van der Waals surface area contributed by atoms with Crippen LogP contribution >= 0.6 is 23.2 Å². The molecule has 0 saturated carbocycles. The van der Waals surface area contributed by atoms with Crippen LogP contribution < -0.4 is 5.73 Å². The molecule has 0 saturated heterocycles. The molecule has 110 valence electrons. The number of carbonyl (C=O) groups excluding carboxylic acids is 1. The zero-order valence-corrected chi connectivity index (χ0v) is 13.0. The van der Waals surface area contributed by atoms with E-state index >= 15 is 0 Å². The number of nitrogens with zero attached hydrogens (tertiary/aromatic N) is 2. The lowest BCUT2D eigenvalue weighted by molar-refractivity contribution is -0.129. The Morgan fingerprint density at radius 2 is 2.05 bits per heavy atom. The van der Waals surface area contributed by atoms with Crippen molar-refractivity contribution < 1.29 is 4.79 Å². The second-order valence-electron chi connectivity index (χ2n) is 4.75. The summed E-state index contributed by atoms with van der Waals surface area (Å²) in [5.41, 5.74) is 7.67. The summed E-state index contributed by atoms with van der Waals surface area (Å²) in [6.45, 7) is 0.420. The summed E-state index contributed by atoms with van der Waals surface area (Å²) in [5, 5.41) is 1.12. The van der Waals surface area contributed by atoms with Gasteiger partial charge in [0.1, 0.15) is 0 Å². The van der Waals surface area contributed by atoms with Crippen LogP contribution in [0.2, 0.25) is 10.0 Å². The standard InChI is InChI=1S/C15H15Cl2N3O/c1-20(9-10-2-3-11(16)6-14(10)17)15(21)7-13-5-4-12(18)8-19-13/h2-6,8H,7,9,18H2,1H3. The SMILES string of the molecule is CN(Cc1ccc(Cl)cc1Cl)C(=O)Cc1ccc(N)cn1. The van der Waals surface area contributed by atoms with E-state index in [1.54, 1.807) is 42.4 Å². The van der Waals surface area contributed by atoms with Crippen molar-refractivity contribution >= 4 is 34.8 Å². The lowest BCUT2D eigenvalue weighted by Crippen LogP contribution is -2.28. The molecular weight excluding hydrogens is 309 g/mol. The maximum atomic E-state index is 12.2. The van der Waals surface area contributed by atoms with Gasteiger partial charge in [-0.3, -0.25) is 9.78 Å². The summed E-state index contributed by atoms with van der Waals surface area (Å²) in [6.07, 6.45) is 1.76. The molecule has 2 rings (SSSR count). The molecule has 0 aliphatic rings. The van der Waals surface area contributed by atoms with Crippen molar-refractivity contribution in [3.05, 3.63) is 57.8 Å². The summed E-state index contributed by atoms with van der Waals surface area (Å²) in [4.78, 5) is 17.9. The number of aromatic nitrogens is 1. The first-order chi connectivity index (χ1) is 9.95. The monoisotopic (exact) mass is 323 g/mol. The molecule has 0 radical (unpaired) electrons. The highest BCUT2D eigenvalue weighted by molar-refractivity contribution is 6.35. The number of hydrogen-bond donors (Lipinski definition) is 1. The van der Waals surface area contributed by atoms with Gasteiger partial charge in [-0.15, -0.1) is 0 Å². The fraction of sp³-hybridized carbons (Fsp3) is 0.200. The van der Waals surface area contributed by atoms with Crippen LogP contribution in [0.5, 0.6) is 0 Å². The van der Waals surface area contributed by atoms with Gasteiger partial charge in [-0.1, -0.05) is 29.3 Å². The van der Waals surface area contributed by atoms with Gasteiger partial charge in [-0.2, -0.15) is 0 Å². The minimum atomic E-state index is -0.0433. The van der Waals surface area contributed by atoms with Gasteiger partial charge < -0.3 is 10.6 Å². The molecule has 4 nitrogen and oxygen atoms in total. The van der Waals surface area contributed by atoms with Crippen molar-refractivity contribution in [2.75, 3.05) is 12.8 Å². The third-order valence-corrected chi connectivity index (χ3v) is 3.62. The number of likely N-dealkylation sites (N-methyl/N-ethyl adjacent to an activating group) is 1. The summed E-state index contributed by atoms with van der Waals surface area (Å²) >= 11 is 12.0. The summed E-state index contributed by atoms with van der Waals surface area (Å²) in [5.74, 6) is -0.0433. The Balaban J connectivity index is 2.00. The minimum absolute atomic E-state index is 0.0433. The predicted octanol–water partition coefficient (Wildman–Crippen LogP) is 3.17. The van der Waals surface area contributed by atoms with Crippen LogP contribution in [0, 0.1) is 0 Å². The smallest absolute Gasteiger partial charge is 0.228 e. The molecule has 2 N–H and O–H groups in total. The van der Waals surface area contributed by atoms with E-state index in [-0.39, 0.29) is 12.3 Å². The van der Waals surface area contributed by atoms with E-state index in [1.165, 1.54) is 0 Å². The first-order valence-corrected chi connectivity index (χ1v) is 7.09. The topological polar surface area (TPSA) is 59.2 Å². The number of carbonyl (C=O) groups is 1. The van der Waals surface area contributed by atoms with Crippen molar-refractivity contribution in [3.63, 3.8) is 0 Å². The lowest BCUT2D eigenvalue weighted by Gasteiger charge is -2.18. The van der Waals surface area contributed by atoms with Gasteiger partial charge in [-0.25, -0.2) is 0 Å². The van der Waals surface area contributed by atoms with E-state index in [2.05, 4.69) is 4.98 Å². The van der Waals surface area contributed by atoms with Crippen LogP contribution in [0.25, 0.3) is 0 Å². The molecule has 0 bridgehead atoms. The maximum Gasteiger partial charge on any atom is 0.228 e. The van der Waals surface area contributed by atoms with Crippen LogP contribution in [0.1, 0.15) is 11.3 Å². The molecule has 6 heteroatoms. The first kappa shape index (κ1) is 15.6. The van der Waals surface area contributed by atoms with Gasteiger partial charge in [-0.05, 0) is 29.8 Å². The maximum absolute atomic E-state index is 12.2. The minimum Gasteiger partial charge on any atom is -0.397 e. The van der Waals surface area contributed by atoms with E-state index in [0.717, 1.165) is 5.56 Å². The van der Waals surface area contributed by atoms with Crippen LogP contribution in [-0.4, -0.2) is 22.8 Å². The van der Waals surface area contributed by atoms with Gasteiger partial charge in [0, 0.05) is 29.3 Å². The van der Waals surface area contributed by atoms with Crippen molar-refractivity contribution in [1.29, 1.82) is 0 Å². The summed E-state index contributed by atoms with van der Waals surface area (Å²) in [6, 6.07) is 8.71. The van der Waals surface area contributed by atoms with Gasteiger partial charge in [0.25, 0.3) is 0 Å². The quantitative estimate of drug-likeness (QED) is 0.940. The second-order valence-corrected chi connectivity index (χ2v) is 5.59. The Labute approximate surface area is 133 Å². The van der Waals surface area contributed by atoms with E-state index in [1.807, 2.05) is 6.07 Å². The normalized spacial score (nSPS) is 10.4. The molecule has 1 aromatic heterocycles. The number of hydrogen-bond acceptors (Lipinski definition) is 3. The van der Waals surface area contributed by atoms with Crippen LogP contribution in [0.4, 0.5) is 5.69 Å². The molecule has 2 aromatic rings. The molecule has 1 aromatic carbocycles. The Morgan fingerprint density at radius 3 is 2.67 bits per heavy atom. The van der Waals surface area contributed by atoms with Crippen molar-refractivity contribution in [2.24, 2.45) is 0 Å². The molecule has 1 heterocycles. The van der Waals surface area contributed by atoms with Gasteiger partial charge in [0.15, 0.2) is 0 Å². The zero-order chi connectivity index (χ0) is 15.4. The number of anilines is 1. The van der Waals surface area contributed by atoms with Gasteiger partial charge in [0.2, 0.25) is 5.91 Å². The third-order valence-electron chi connectivity index (χ3n) is 3.03. The number of pyridine rings is 1. The van der Waals surface area contributed by atoms with E-state index in [9.17, 15) is 4.79 Å². The lowest BCUT2D eigenvalue weighted by atomic mass is 10.2. The molecular formula is C15H15Cl2N3O. The second kappa shape index (κ2) is 6.78. The van der Waals surface area contributed by atoms with E-state index in [4.69, 9.17) is 28.9 Å². The molecule has 0 unspecified atom stereocenters. The van der Waals surface area contributed by atoms with Crippen LogP contribution in [-0.2, 0) is 17.8 Å². The van der Waals surface area contributed by atoms with Gasteiger partial charge in [0.05, 0.1) is 18.3 Å². The Morgan fingerprint density at radius 1 is 1.29 bits per heavy atom. The van der Waals surface area contributed by atoms with Crippen molar-refractivity contribution in [2.45, 2.75) is 13.0 Å². The molecule has 0 atom stereocenters. The molecule has 0 aliphatic carbocycles. The van der Waals surface area contributed by atoms with E-state index in [0.29, 0.717) is 28.0 Å². The Bertz CT molecular complexity index is 644. The third kappa shape index (κ3) is 4.34. The average Bonchev–Trinajstić information content (AvgIpc) is 2.44. The summed E-state index contributed by atoms with van der Waals surface area (Å²) < 4.78 is 0. The Kier molecular flexibility index (Phi) is 5.04. The molecule has 1 amide bonds. The fourth-order valence-electron chi connectivity index (χ4n) is 1.82. The molecule has 0 fully saturated rings. The van der Waals surface area contributed by atoms with Crippen molar-refractivity contribution in [3.8, 4) is 0 Å². The number of halogens is 2. The number of benzene rings is 1. The Hall–Kier alpha value is -1.78. The van der Waals surface area contributed by atoms with Crippen molar-refractivity contribution in [1.82, 2.24) is 9.88 Å². The number of nitrogen functional groups attached to an aromatic ring is 1. The first-order valence-electron chi connectivity index (χ1n) is 6.34. The highest BCUT2D eigenvalue weighted by atomic mass is 35.5. The van der Waals surface area contributed by atoms with Gasteiger partial charge >= 0.3 is 0 Å².